The van der Waals surface area contributed by atoms with Crippen LogP contribution in [-0.2, 0) is 11.3 Å². The zero-order valence-corrected chi connectivity index (χ0v) is 12.7. The van der Waals surface area contributed by atoms with Gasteiger partial charge < -0.3 is 14.9 Å². The van der Waals surface area contributed by atoms with Gasteiger partial charge in [0.05, 0.1) is 6.20 Å². The third-order valence-electron chi connectivity index (χ3n) is 3.13. The van der Waals surface area contributed by atoms with Crippen molar-refractivity contribution in [3.05, 3.63) is 48.1 Å². The number of amides is 1. The van der Waals surface area contributed by atoms with Gasteiger partial charge in [-0.15, -0.1) is 6.58 Å². The summed E-state index contributed by atoms with van der Waals surface area (Å²) in [4.78, 5) is 23.2. The standard InChI is InChI=1S/C15H18N4O4/c1-3-4-5-12(15(21)22)17-14(20)13-6-11(23-18-13)9-19-8-10(2)7-16-19/h3,6-8,12H,1,4-5,9H2,2H3,(H,17,20)(H,21,22). The van der Waals surface area contributed by atoms with Crippen LogP contribution in [0.2, 0.25) is 0 Å². The topological polar surface area (TPSA) is 110 Å². The van der Waals surface area contributed by atoms with Crippen LogP contribution in [0.25, 0.3) is 0 Å². The normalized spacial score (nSPS) is 11.9. The molecule has 0 saturated carbocycles. The third kappa shape index (κ3) is 4.53. The second-order valence-electron chi connectivity index (χ2n) is 5.12. The van der Waals surface area contributed by atoms with Crippen molar-refractivity contribution in [3.8, 4) is 0 Å². The molecular weight excluding hydrogens is 300 g/mol. The highest BCUT2D eigenvalue weighted by atomic mass is 16.5. The van der Waals surface area contributed by atoms with Gasteiger partial charge in [-0.3, -0.25) is 9.48 Å². The molecule has 2 rings (SSSR count). The number of aliphatic carboxylic acids is 1. The van der Waals surface area contributed by atoms with E-state index >= 15 is 0 Å². The summed E-state index contributed by atoms with van der Waals surface area (Å²) in [5, 5.41) is 19.3. The van der Waals surface area contributed by atoms with Crippen LogP contribution >= 0.6 is 0 Å². The number of rotatable bonds is 8. The lowest BCUT2D eigenvalue weighted by Gasteiger charge is -2.11. The average Bonchev–Trinajstić information content (AvgIpc) is 3.12. The number of hydrogen-bond donors (Lipinski definition) is 2. The van der Waals surface area contributed by atoms with Crippen molar-refractivity contribution in [3.63, 3.8) is 0 Å². The minimum atomic E-state index is -1.10. The summed E-state index contributed by atoms with van der Waals surface area (Å²) in [7, 11) is 0. The largest absolute Gasteiger partial charge is 0.480 e. The van der Waals surface area contributed by atoms with Crippen LogP contribution in [0.15, 0.2) is 35.6 Å². The maximum atomic E-state index is 12.0. The fraction of sp³-hybridized carbons (Fsp3) is 0.333. The van der Waals surface area contributed by atoms with E-state index in [0.717, 1.165) is 5.56 Å². The molecule has 0 radical (unpaired) electrons. The molecule has 0 aliphatic rings. The molecule has 122 valence electrons. The number of carboxylic acid groups (broad SMARTS) is 1. The average molecular weight is 318 g/mol. The van der Waals surface area contributed by atoms with Gasteiger partial charge in [-0.05, 0) is 25.3 Å². The second-order valence-corrected chi connectivity index (χ2v) is 5.12. The molecule has 1 amide bonds. The fourth-order valence-electron chi connectivity index (χ4n) is 1.98. The third-order valence-corrected chi connectivity index (χ3v) is 3.13. The Morgan fingerprint density at radius 2 is 2.35 bits per heavy atom. The lowest BCUT2D eigenvalue weighted by atomic mass is 10.1. The van der Waals surface area contributed by atoms with Crippen LogP contribution in [0.5, 0.6) is 0 Å². The van der Waals surface area contributed by atoms with Gasteiger partial charge in [-0.2, -0.15) is 5.10 Å². The van der Waals surface area contributed by atoms with Crippen molar-refractivity contribution in [2.24, 2.45) is 0 Å². The van der Waals surface area contributed by atoms with E-state index in [9.17, 15) is 9.59 Å². The molecule has 1 atom stereocenters. The summed E-state index contributed by atoms with van der Waals surface area (Å²) in [5.74, 6) is -1.24. The van der Waals surface area contributed by atoms with Gasteiger partial charge in [0.1, 0.15) is 12.6 Å². The van der Waals surface area contributed by atoms with Gasteiger partial charge in [-0.1, -0.05) is 11.2 Å². The van der Waals surface area contributed by atoms with Crippen molar-refractivity contribution in [1.82, 2.24) is 20.3 Å². The van der Waals surface area contributed by atoms with Crippen LogP contribution in [0.3, 0.4) is 0 Å². The lowest BCUT2D eigenvalue weighted by Crippen LogP contribution is -2.40. The van der Waals surface area contributed by atoms with Gasteiger partial charge in [-0.25, -0.2) is 4.79 Å². The number of allylic oxidation sites excluding steroid dienone is 1. The van der Waals surface area contributed by atoms with Gasteiger partial charge in [0.25, 0.3) is 5.91 Å². The molecule has 2 N–H and O–H groups in total. The molecule has 8 heteroatoms. The molecule has 0 aromatic carbocycles. The first-order chi connectivity index (χ1) is 11.0. The summed E-state index contributed by atoms with van der Waals surface area (Å²) in [6, 6.07) is 0.480. The number of nitrogens with one attached hydrogen (secondary N) is 1. The van der Waals surface area contributed by atoms with E-state index in [1.165, 1.54) is 6.07 Å². The Morgan fingerprint density at radius 1 is 1.57 bits per heavy atom. The van der Waals surface area contributed by atoms with E-state index < -0.39 is 17.9 Å². The number of carboxylic acids is 1. The fourth-order valence-corrected chi connectivity index (χ4v) is 1.98. The number of hydrogen-bond acceptors (Lipinski definition) is 5. The number of carbonyl (C=O) groups excluding carboxylic acids is 1. The van der Waals surface area contributed by atoms with Crippen LogP contribution in [-0.4, -0.2) is 38.0 Å². The van der Waals surface area contributed by atoms with E-state index in [0.29, 0.717) is 18.7 Å². The van der Waals surface area contributed by atoms with E-state index in [2.05, 4.69) is 22.2 Å². The monoisotopic (exact) mass is 318 g/mol. The van der Waals surface area contributed by atoms with Crippen molar-refractivity contribution >= 4 is 11.9 Å². The molecule has 2 aromatic heterocycles. The number of carbonyl (C=O) groups is 2. The zero-order valence-electron chi connectivity index (χ0n) is 12.7. The summed E-state index contributed by atoms with van der Waals surface area (Å²) < 4.78 is 6.74. The van der Waals surface area contributed by atoms with Crippen LogP contribution in [0.4, 0.5) is 0 Å². The Bertz CT molecular complexity index is 704. The molecule has 0 bridgehead atoms. The predicted molar refractivity (Wildman–Crippen MR) is 80.9 cm³/mol. The van der Waals surface area contributed by atoms with Crippen molar-refractivity contribution < 1.29 is 19.2 Å². The van der Waals surface area contributed by atoms with Crippen molar-refractivity contribution in [2.75, 3.05) is 0 Å². The molecule has 0 aliphatic heterocycles. The molecule has 1 unspecified atom stereocenters. The predicted octanol–water partition coefficient (Wildman–Crippen LogP) is 1.38. The number of aryl methyl sites for hydroxylation is 1. The number of nitrogens with zero attached hydrogens (tertiary/aromatic N) is 3. The van der Waals surface area contributed by atoms with Gasteiger partial charge >= 0.3 is 5.97 Å². The molecule has 0 spiro atoms. The van der Waals surface area contributed by atoms with Gasteiger partial charge in [0.15, 0.2) is 11.5 Å². The Balaban J connectivity index is 1.99. The Morgan fingerprint density at radius 3 is 2.96 bits per heavy atom. The molecule has 23 heavy (non-hydrogen) atoms. The Labute approximate surface area is 132 Å². The summed E-state index contributed by atoms with van der Waals surface area (Å²) in [6.45, 7) is 5.79. The summed E-state index contributed by atoms with van der Waals surface area (Å²) in [6.07, 6.45) is 5.89. The van der Waals surface area contributed by atoms with E-state index in [1.807, 2.05) is 13.1 Å². The Kier molecular flexibility index (Phi) is 5.29. The first-order valence-corrected chi connectivity index (χ1v) is 7.09. The maximum Gasteiger partial charge on any atom is 0.326 e. The number of aromatic nitrogens is 3. The Hall–Kier alpha value is -2.90. The summed E-state index contributed by atoms with van der Waals surface area (Å²) in [5.41, 5.74) is 1.04. The molecule has 2 aromatic rings. The molecule has 2 heterocycles. The lowest BCUT2D eigenvalue weighted by molar-refractivity contribution is -0.139. The molecule has 8 nitrogen and oxygen atoms in total. The van der Waals surface area contributed by atoms with Crippen LogP contribution in [0, 0.1) is 6.92 Å². The van der Waals surface area contributed by atoms with E-state index in [1.54, 1.807) is 17.0 Å². The molecular formula is C15H18N4O4. The maximum absolute atomic E-state index is 12.0. The van der Waals surface area contributed by atoms with Crippen molar-refractivity contribution in [2.45, 2.75) is 32.4 Å². The molecule has 0 fully saturated rings. The van der Waals surface area contributed by atoms with Gasteiger partial charge in [0.2, 0.25) is 0 Å². The minimum Gasteiger partial charge on any atom is -0.480 e. The SMILES string of the molecule is C=CCCC(NC(=O)c1cc(Cn2cc(C)cn2)on1)C(=O)O. The van der Waals surface area contributed by atoms with E-state index in [-0.39, 0.29) is 12.1 Å². The molecule has 0 aliphatic carbocycles. The quantitative estimate of drug-likeness (QED) is 0.711. The van der Waals surface area contributed by atoms with Gasteiger partial charge in [0, 0.05) is 12.3 Å². The highest BCUT2D eigenvalue weighted by molar-refractivity contribution is 5.94. The minimum absolute atomic E-state index is 0.0359. The summed E-state index contributed by atoms with van der Waals surface area (Å²) >= 11 is 0. The molecule has 0 saturated heterocycles. The first kappa shape index (κ1) is 16.5. The highest BCUT2D eigenvalue weighted by Crippen LogP contribution is 2.08. The highest BCUT2D eigenvalue weighted by Gasteiger charge is 2.22. The van der Waals surface area contributed by atoms with Crippen molar-refractivity contribution in [1.29, 1.82) is 0 Å². The van der Waals surface area contributed by atoms with Crippen LogP contribution < -0.4 is 5.32 Å². The first-order valence-electron chi connectivity index (χ1n) is 7.09. The smallest absolute Gasteiger partial charge is 0.326 e. The zero-order chi connectivity index (χ0) is 16.8. The van der Waals surface area contributed by atoms with Crippen LogP contribution in [0.1, 0.15) is 34.7 Å². The second kappa shape index (κ2) is 7.39. The van der Waals surface area contributed by atoms with E-state index in [4.69, 9.17) is 9.63 Å².